The first-order valence-corrected chi connectivity index (χ1v) is 27.5. The Labute approximate surface area is 397 Å². The molecule has 0 aliphatic carbocycles. The summed E-state index contributed by atoms with van der Waals surface area (Å²) in [7, 11) is 0. The molecular formula is C59H104O5. The molecule has 370 valence electrons. The third kappa shape index (κ3) is 52.0. The first-order chi connectivity index (χ1) is 31.6. The van der Waals surface area contributed by atoms with Crippen molar-refractivity contribution >= 4 is 11.9 Å². The molecule has 0 aromatic carbocycles. The Kier molecular flexibility index (Phi) is 52.4. The maximum Gasteiger partial charge on any atom is 0.306 e. The van der Waals surface area contributed by atoms with Crippen molar-refractivity contribution in [3.63, 3.8) is 0 Å². The summed E-state index contributed by atoms with van der Waals surface area (Å²) >= 11 is 0. The summed E-state index contributed by atoms with van der Waals surface area (Å²) in [6.45, 7) is 7.67. The molecule has 0 bridgehead atoms. The van der Waals surface area contributed by atoms with E-state index in [9.17, 15) is 9.59 Å². The van der Waals surface area contributed by atoms with Crippen molar-refractivity contribution in [2.75, 3.05) is 19.8 Å². The van der Waals surface area contributed by atoms with E-state index < -0.39 is 6.10 Å². The quantitative estimate of drug-likeness (QED) is 0.0346. The number of rotatable bonds is 50. The molecule has 0 amide bonds. The number of hydrogen-bond donors (Lipinski definition) is 0. The van der Waals surface area contributed by atoms with E-state index in [1.165, 1.54) is 148 Å². The number of unbranched alkanes of at least 4 members (excludes halogenated alkanes) is 27. The highest BCUT2D eigenvalue weighted by molar-refractivity contribution is 5.70. The fourth-order valence-electron chi connectivity index (χ4n) is 7.66. The summed E-state index contributed by atoms with van der Waals surface area (Å²) < 4.78 is 17.4. The van der Waals surface area contributed by atoms with Gasteiger partial charge in [-0.15, -0.1) is 0 Å². The predicted octanol–water partition coefficient (Wildman–Crippen LogP) is 18.7. The first kappa shape index (κ1) is 61.3. The van der Waals surface area contributed by atoms with E-state index in [-0.39, 0.29) is 25.2 Å². The molecule has 0 N–H and O–H groups in total. The number of ether oxygens (including phenoxy) is 3. The van der Waals surface area contributed by atoms with Crippen LogP contribution in [0.1, 0.15) is 265 Å². The summed E-state index contributed by atoms with van der Waals surface area (Å²) in [5.74, 6) is -0.466. The molecule has 0 aromatic rings. The fourth-order valence-corrected chi connectivity index (χ4v) is 7.66. The van der Waals surface area contributed by atoms with Gasteiger partial charge in [0.15, 0.2) is 6.10 Å². The molecule has 0 saturated heterocycles. The van der Waals surface area contributed by atoms with Crippen molar-refractivity contribution in [2.45, 2.75) is 271 Å². The molecule has 1 atom stereocenters. The van der Waals surface area contributed by atoms with Gasteiger partial charge in [0, 0.05) is 19.4 Å². The highest BCUT2D eigenvalue weighted by Gasteiger charge is 2.17. The lowest BCUT2D eigenvalue weighted by Gasteiger charge is -2.18. The van der Waals surface area contributed by atoms with Crippen LogP contribution in [0.3, 0.4) is 0 Å². The highest BCUT2D eigenvalue weighted by Crippen LogP contribution is 2.15. The Bertz CT molecular complexity index is 1150. The van der Waals surface area contributed by atoms with Crippen molar-refractivity contribution < 1.29 is 23.8 Å². The van der Waals surface area contributed by atoms with Crippen LogP contribution in [0, 0.1) is 0 Å². The smallest absolute Gasteiger partial charge is 0.306 e. The Morgan fingerprint density at radius 2 is 0.719 bits per heavy atom. The summed E-state index contributed by atoms with van der Waals surface area (Å²) in [4.78, 5) is 25.4. The molecule has 64 heavy (non-hydrogen) atoms. The molecule has 0 radical (unpaired) electrons. The highest BCUT2D eigenvalue weighted by atomic mass is 16.6. The predicted molar refractivity (Wildman–Crippen MR) is 279 cm³/mol. The number of carbonyl (C=O) groups is 2. The summed E-state index contributed by atoms with van der Waals surface area (Å²) in [6.07, 6.45) is 70.6. The number of allylic oxidation sites excluding steroid dienone is 12. The average Bonchev–Trinajstić information content (AvgIpc) is 3.30. The zero-order valence-corrected chi connectivity index (χ0v) is 42.5. The van der Waals surface area contributed by atoms with E-state index in [0.717, 1.165) is 83.5 Å². The molecule has 0 spiro atoms. The standard InChI is InChI=1S/C59H104O5/c1-4-7-10-13-16-19-22-25-28-30-32-34-37-40-43-46-49-52-58(60)63-56-57(55-62-54-51-48-45-42-39-36-33-29-26-23-20-17-14-11-8-5-2)64-59(61)53-50-47-44-41-38-35-31-27-24-21-18-15-12-9-6-3/h7,10,16,19,25,27-28,31-32,34,40,43,57H,4-6,8-9,11-15,17-18,20-24,26,29-30,33,35-39,41-42,44-56H2,1-3H3/b10-7-,19-16-,28-25-,31-27-,34-32-,43-40-/t57-/m1/s1. The lowest BCUT2D eigenvalue weighted by Crippen LogP contribution is -2.30. The molecule has 0 aliphatic rings. The second-order valence-electron chi connectivity index (χ2n) is 18.1. The normalized spacial score (nSPS) is 12.7. The van der Waals surface area contributed by atoms with Crippen molar-refractivity contribution in [3.8, 4) is 0 Å². The van der Waals surface area contributed by atoms with Gasteiger partial charge in [0.1, 0.15) is 6.61 Å². The van der Waals surface area contributed by atoms with Gasteiger partial charge in [0.25, 0.3) is 0 Å². The largest absolute Gasteiger partial charge is 0.462 e. The first-order valence-electron chi connectivity index (χ1n) is 27.5. The maximum atomic E-state index is 12.8. The molecule has 0 rings (SSSR count). The van der Waals surface area contributed by atoms with E-state index in [1.807, 2.05) is 0 Å². The minimum Gasteiger partial charge on any atom is -0.462 e. The van der Waals surface area contributed by atoms with Crippen molar-refractivity contribution in [1.82, 2.24) is 0 Å². The maximum absolute atomic E-state index is 12.8. The van der Waals surface area contributed by atoms with Gasteiger partial charge in [0.05, 0.1) is 6.61 Å². The van der Waals surface area contributed by atoms with Crippen molar-refractivity contribution in [2.24, 2.45) is 0 Å². The van der Waals surface area contributed by atoms with E-state index in [4.69, 9.17) is 14.2 Å². The molecule has 0 aromatic heterocycles. The number of carbonyl (C=O) groups excluding carboxylic acids is 2. The van der Waals surface area contributed by atoms with Crippen LogP contribution in [0.5, 0.6) is 0 Å². The van der Waals surface area contributed by atoms with Gasteiger partial charge in [-0.05, 0) is 83.5 Å². The van der Waals surface area contributed by atoms with Gasteiger partial charge in [-0.3, -0.25) is 9.59 Å². The second kappa shape index (κ2) is 54.7. The lowest BCUT2D eigenvalue weighted by atomic mass is 10.0. The van der Waals surface area contributed by atoms with Crippen LogP contribution < -0.4 is 0 Å². The van der Waals surface area contributed by atoms with Gasteiger partial charge in [-0.25, -0.2) is 0 Å². The SMILES string of the molecule is CC/C=C\C/C=C\C/C=C\C/C=C\C/C=C\CCCC(=O)OC[C@@H](COCCCCCCCCCCCCCCCCCC)OC(=O)CCCCCCC/C=C\CCCCCCCC. The lowest BCUT2D eigenvalue weighted by molar-refractivity contribution is -0.163. The molecule has 0 fully saturated rings. The van der Waals surface area contributed by atoms with Crippen LogP contribution in [0.15, 0.2) is 72.9 Å². The molecule has 0 unspecified atom stereocenters. The second-order valence-corrected chi connectivity index (χ2v) is 18.1. The minimum atomic E-state index is -0.563. The van der Waals surface area contributed by atoms with Gasteiger partial charge in [-0.1, -0.05) is 241 Å². The zero-order chi connectivity index (χ0) is 46.3. The Morgan fingerprint density at radius 1 is 0.359 bits per heavy atom. The van der Waals surface area contributed by atoms with E-state index in [1.54, 1.807) is 0 Å². The van der Waals surface area contributed by atoms with E-state index >= 15 is 0 Å². The summed E-state index contributed by atoms with van der Waals surface area (Å²) in [5.41, 5.74) is 0. The van der Waals surface area contributed by atoms with Gasteiger partial charge < -0.3 is 14.2 Å². The Hall–Kier alpha value is -2.66. The third-order valence-corrected chi connectivity index (χ3v) is 11.7. The van der Waals surface area contributed by atoms with Crippen LogP contribution >= 0.6 is 0 Å². The molecule has 0 saturated carbocycles. The Balaban J connectivity index is 4.36. The number of hydrogen-bond acceptors (Lipinski definition) is 5. The zero-order valence-electron chi connectivity index (χ0n) is 42.5. The van der Waals surface area contributed by atoms with E-state index in [0.29, 0.717) is 19.4 Å². The topological polar surface area (TPSA) is 61.8 Å². The van der Waals surface area contributed by atoms with Crippen LogP contribution in [0.25, 0.3) is 0 Å². The molecule has 0 aliphatic heterocycles. The van der Waals surface area contributed by atoms with Crippen molar-refractivity contribution in [1.29, 1.82) is 0 Å². The Morgan fingerprint density at radius 3 is 1.19 bits per heavy atom. The average molecular weight is 893 g/mol. The van der Waals surface area contributed by atoms with Crippen LogP contribution in [0.4, 0.5) is 0 Å². The molecule has 5 heteroatoms. The fraction of sp³-hybridized carbons (Fsp3) is 0.763. The van der Waals surface area contributed by atoms with Gasteiger partial charge in [0.2, 0.25) is 0 Å². The van der Waals surface area contributed by atoms with Gasteiger partial charge >= 0.3 is 11.9 Å². The van der Waals surface area contributed by atoms with Crippen molar-refractivity contribution in [3.05, 3.63) is 72.9 Å². The molecular weight excluding hydrogens is 789 g/mol. The number of esters is 2. The summed E-state index contributed by atoms with van der Waals surface area (Å²) in [5, 5.41) is 0. The van der Waals surface area contributed by atoms with Crippen LogP contribution in [-0.2, 0) is 23.8 Å². The monoisotopic (exact) mass is 893 g/mol. The summed E-state index contributed by atoms with van der Waals surface area (Å²) in [6, 6.07) is 0. The third-order valence-electron chi connectivity index (χ3n) is 11.7. The molecule has 0 heterocycles. The van der Waals surface area contributed by atoms with E-state index in [2.05, 4.69) is 93.7 Å². The van der Waals surface area contributed by atoms with Gasteiger partial charge in [-0.2, -0.15) is 0 Å². The van der Waals surface area contributed by atoms with Crippen LogP contribution in [-0.4, -0.2) is 37.9 Å². The van der Waals surface area contributed by atoms with Crippen LogP contribution in [0.2, 0.25) is 0 Å². The minimum absolute atomic E-state index is 0.0532. The molecule has 5 nitrogen and oxygen atoms in total.